The van der Waals surface area contributed by atoms with Crippen LogP contribution in [0, 0.1) is 13.8 Å². The molecular weight excluding hydrogens is 751 g/mol. The molecule has 0 fully saturated rings. The molecule has 0 unspecified atom stereocenters. The van der Waals surface area contributed by atoms with Crippen molar-refractivity contribution in [2.75, 3.05) is 0 Å². The van der Waals surface area contributed by atoms with E-state index in [1.165, 1.54) is 66.1 Å². The third kappa shape index (κ3) is 5.62. The second-order valence-corrected chi connectivity index (χ2v) is 16.5. The SMILES string of the molecule is C=C=C(/N=C(\C=C(/C)c1c2c(cc3ccccc13)C1(c3ccccc3Oc3ccccc31)c1ccccc1-2)c1ccccc1)c1cccc(-c2c(C)ccc3ccccc23)c1C. The Bertz CT molecular complexity index is 3370. The van der Waals surface area contributed by atoms with E-state index in [0.29, 0.717) is 5.70 Å². The number of nitrogens with zero attached hydrogens (tertiary/aromatic N) is 1. The molecule has 0 atom stereocenters. The summed E-state index contributed by atoms with van der Waals surface area (Å²) in [7, 11) is 0. The van der Waals surface area contributed by atoms with Crippen LogP contribution in [0.1, 0.15) is 57.0 Å². The Kier molecular flexibility index (Phi) is 8.86. The fourth-order valence-electron chi connectivity index (χ4n) is 10.4. The average molecular weight is 794 g/mol. The van der Waals surface area contributed by atoms with Gasteiger partial charge in [-0.1, -0.05) is 176 Å². The van der Waals surface area contributed by atoms with Crippen molar-refractivity contribution in [3.05, 3.63) is 257 Å². The van der Waals surface area contributed by atoms with Gasteiger partial charge in [0, 0.05) is 22.3 Å². The Hall–Kier alpha value is -7.77. The lowest BCUT2D eigenvalue weighted by atomic mass is 9.65. The molecule has 2 heteroatoms. The molecule has 0 saturated heterocycles. The summed E-state index contributed by atoms with van der Waals surface area (Å²) in [4.78, 5) is 5.51. The smallest absolute Gasteiger partial charge is 0.132 e. The first-order valence-corrected chi connectivity index (χ1v) is 21.3. The van der Waals surface area contributed by atoms with Gasteiger partial charge in [0.2, 0.25) is 0 Å². The largest absolute Gasteiger partial charge is 0.457 e. The Morgan fingerprint density at radius 2 is 1.18 bits per heavy atom. The zero-order valence-electron chi connectivity index (χ0n) is 35.0. The molecule has 0 saturated carbocycles. The maximum atomic E-state index is 6.67. The van der Waals surface area contributed by atoms with Gasteiger partial charge in [0.25, 0.3) is 0 Å². The summed E-state index contributed by atoms with van der Waals surface area (Å²) in [5.74, 6) is 1.76. The van der Waals surface area contributed by atoms with Crippen molar-refractivity contribution in [1.82, 2.24) is 0 Å². The number of para-hydroxylation sites is 2. The molecule has 2 nitrogen and oxygen atoms in total. The Morgan fingerprint density at radius 1 is 0.565 bits per heavy atom. The monoisotopic (exact) mass is 793 g/mol. The van der Waals surface area contributed by atoms with Gasteiger partial charge in [0.05, 0.1) is 11.1 Å². The molecule has 1 heterocycles. The molecule has 9 aromatic rings. The van der Waals surface area contributed by atoms with Crippen LogP contribution in [0.4, 0.5) is 0 Å². The summed E-state index contributed by atoms with van der Waals surface area (Å²) in [5.41, 5.74) is 20.6. The van der Waals surface area contributed by atoms with Gasteiger partial charge in [-0.15, -0.1) is 5.73 Å². The van der Waals surface area contributed by atoms with Crippen LogP contribution in [0.15, 0.2) is 211 Å². The van der Waals surface area contributed by atoms with Crippen molar-refractivity contribution in [1.29, 1.82) is 0 Å². The van der Waals surface area contributed by atoms with Crippen LogP contribution in [0.5, 0.6) is 11.5 Å². The van der Waals surface area contributed by atoms with E-state index < -0.39 is 5.41 Å². The number of aryl methyl sites for hydroxylation is 1. The first kappa shape index (κ1) is 37.2. The Labute approximate surface area is 363 Å². The normalized spacial score (nSPS) is 13.5. The third-order valence-electron chi connectivity index (χ3n) is 13.1. The summed E-state index contributed by atoms with van der Waals surface area (Å²) in [6, 6.07) is 67.4. The van der Waals surface area contributed by atoms with Crippen molar-refractivity contribution in [3.8, 4) is 33.8 Å². The topological polar surface area (TPSA) is 21.6 Å². The van der Waals surface area contributed by atoms with Gasteiger partial charge in [-0.3, -0.25) is 0 Å². The average Bonchev–Trinajstić information content (AvgIpc) is 3.60. The van der Waals surface area contributed by atoms with Gasteiger partial charge in [-0.05, 0) is 122 Å². The number of ether oxygens (including phenoxy) is 1. The van der Waals surface area contributed by atoms with E-state index in [9.17, 15) is 0 Å². The van der Waals surface area contributed by atoms with Crippen molar-refractivity contribution in [2.24, 2.45) is 4.99 Å². The molecular formula is C60H43NO. The number of allylic oxidation sites excluding steroid dienone is 2. The molecule has 9 aromatic carbocycles. The first-order chi connectivity index (χ1) is 30.5. The fourth-order valence-corrected chi connectivity index (χ4v) is 10.4. The molecule has 1 aliphatic carbocycles. The number of aliphatic imine (C=N–C) groups is 1. The van der Waals surface area contributed by atoms with Crippen molar-refractivity contribution in [2.45, 2.75) is 26.2 Å². The lowest BCUT2D eigenvalue weighted by molar-refractivity contribution is 0.436. The molecule has 0 aromatic heterocycles. The highest BCUT2D eigenvalue weighted by molar-refractivity contribution is 6.17. The second-order valence-electron chi connectivity index (χ2n) is 16.5. The minimum absolute atomic E-state index is 0.587. The molecule has 0 N–H and O–H groups in total. The predicted molar refractivity (Wildman–Crippen MR) is 259 cm³/mol. The van der Waals surface area contributed by atoms with Gasteiger partial charge in [-0.2, -0.15) is 0 Å². The molecule has 2 aliphatic rings. The number of fused-ring (bicyclic) bond motifs is 11. The lowest BCUT2D eigenvalue weighted by Gasteiger charge is -2.39. The molecule has 62 heavy (non-hydrogen) atoms. The number of benzene rings is 9. The van der Waals surface area contributed by atoms with Gasteiger partial charge in [0.1, 0.15) is 17.2 Å². The van der Waals surface area contributed by atoms with Gasteiger partial charge in [-0.25, -0.2) is 4.99 Å². The van der Waals surface area contributed by atoms with Crippen LogP contribution in [0.2, 0.25) is 0 Å². The van der Waals surface area contributed by atoms with E-state index in [-0.39, 0.29) is 0 Å². The molecule has 0 radical (unpaired) electrons. The van der Waals surface area contributed by atoms with E-state index in [1.54, 1.807) is 0 Å². The van der Waals surface area contributed by atoms with Gasteiger partial charge in [0.15, 0.2) is 0 Å². The molecule has 0 bridgehead atoms. The highest BCUT2D eigenvalue weighted by Crippen LogP contribution is 2.63. The van der Waals surface area contributed by atoms with Crippen LogP contribution in [-0.4, -0.2) is 5.71 Å². The Balaban J connectivity index is 1.15. The fraction of sp³-hybridized carbons (Fsp3) is 0.0667. The van der Waals surface area contributed by atoms with E-state index in [0.717, 1.165) is 50.6 Å². The standard InChI is InChI=1S/C60H43NO/c1-5-53(44-27-19-28-45(40(44)4)57-38(2)34-35-41-20-9-11-24-46(41)57)61-54(42-21-7-6-8-22-42)36-39(3)58-47-25-12-10-23-43(47)37-52-59(58)48-26-13-14-29-49(48)60(52)50-30-15-17-32-55(50)62-56-33-18-16-31-51(56)60/h6-37H,1H2,2-4H3/b39-36+,61-54+. The summed E-state index contributed by atoms with van der Waals surface area (Å²) in [6.45, 7) is 10.9. The minimum atomic E-state index is -0.587. The van der Waals surface area contributed by atoms with Crippen molar-refractivity contribution >= 4 is 38.5 Å². The highest BCUT2D eigenvalue weighted by atomic mass is 16.5. The molecule has 1 spiro atoms. The number of hydrogen-bond acceptors (Lipinski definition) is 2. The van der Waals surface area contributed by atoms with Crippen LogP contribution in [0.25, 0.3) is 55.1 Å². The lowest BCUT2D eigenvalue weighted by Crippen LogP contribution is -2.32. The first-order valence-electron chi connectivity index (χ1n) is 21.3. The second kappa shape index (κ2) is 14.7. The summed E-state index contributed by atoms with van der Waals surface area (Å²) < 4.78 is 6.67. The Morgan fingerprint density at radius 3 is 1.92 bits per heavy atom. The quantitative estimate of drug-likeness (QED) is 0.121. The van der Waals surface area contributed by atoms with Crippen LogP contribution < -0.4 is 4.74 Å². The maximum Gasteiger partial charge on any atom is 0.132 e. The number of rotatable bonds is 6. The highest BCUT2D eigenvalue weighted by Gasteiger charge is 2.51. The number of hydrogen-bond donors (Lipinski definition) is 0. The predicted octanol–water partition coefficient (Wildman–Crippen LogP) is 15.5. The van der Waals surface area contributed by atoms with E-state index in [1.807, 2.05) is 0 Å². The molecule has 0 amide bonds. The van der Waals surface area contributed by atoms with Gasteiger partial charge < -0.3 is 4.74 Å². The molecule has 11 rings (SSSR count). The van der Waals surface area contributed by atoms with Crippen molar-refractivity contribution in [3.63, 3.8) is 0 Å². The van der Waals surface area contributed by atoms with E-state index in [2.05, 4.69) is 227 Å². The zero-order chi connectivity index (χ0) is 42.0. The zero-order valence-corrected chi connectivity index (χ0v) is 35.0. The molecule has 1 aliphatic heterocycles. The van der Waals surface area contributed by atoms with Crippen LogP contribution >= 0.6 is 0 Å². The summed E-state index contributed by atoms with van der Waals surface area (Å²) >= 11 is 0. The van der Waals surface area contributed by atoms with Crippen LogP contribution in [0.3, 0.4) is 0 Å². The van der Waals surface area contributed by atoms with E-state index in [4.69, 9.17) is 9.73 Å². The maximum absolute atomic E-state index is 6.67. The third-order valence-corrected chi connectivity index (χ3v) is 13.1. The van der Waals surface area contributed by atoms with Crippen LogP contribution in [-0.2, 0) is 5.41 Å². The summed E-state index contributed by atoms with van der Waals surface area (Å²) in [5, 5.41) is 4.84. The molecule has 294 valence electrons. The van der Waals surface area contributed by atoms with Crippen molar-refractivity contribution < 1.29 is 4.74 Å². The van der Waals surface area contributed by atoms with Gasteiger partial charge >= 0.3 is 0 Å². The minimum Gasteiger partial charge on any atom is -0.457 e. The van der Waals surface area contributed by atoms with E-state index >= 15 is 0 Å². The summed E-state index contributed by atoms with van der Waals surface area (Å²) in [6.07, 6.45) is 2.27.